The lowest BCUT2D eigenvalue weighted by atomic mass is 9.99. The quantitative estimate of drug-likeness (QED) is 0.263. The maximum Gasteiger partial charge on any atom is 0.268 e. The molecule has 2 heterocycles. The van der Waals surface area contributed by atoms with Gasteiger partial charge >= 0.3 is 0 Å². The summed E-state index contributed by atoms with van der Waals surface area (Å²) in [7, 11) is 1.54. The molecule has 0 bridgehead atoms. The summed E-state index contributed by atoms with van der Waals surface area (Å²) < 4.78 is 5.36. The van der Waals surface area contributed by atoms with Crippen molar-refractivity contribution in [3.63, 3.8) is 0 Å². The standard InChI is InChI=1S/C28H22ClN3O2S/c1-16-8-10-18(11-9-16)21-15-20(17-6-4-3-5-7-17)24-25(30)26(35-28(24)32-21)27(33)31-22-14-19(29)12-13-23(22)34-2/h3-15H,30H2,1-2H3,(H,31,33). The summed E-state index contributed by atoms with van der Waals surface area (Å²) in [6.45, 7) is 2.05. The van der Waals surface area contributed by atoms with Crippen LogP contribution in [0, 0.1) is 6.92 Å². The molecule has 0 radical (unpaired) electrons. The predicted molar refractivity (Wildman–Crippen MR) is 146 cm³/mol. The molecule has 0 aliphatic rings. The van der Waals surface area contributed by atoms with Gasteiger partial charge in [0.15, 0.2) is 0 Å². The summed E-state index contributed by atoms with van der Waals surface area (Å²) in [4.78, 5) is 19.3. The Morgan fingerprint density at radius 3 is 2.46 bits per heavy atom. The lowest BCUT2D eigenvalue weighted by Crippen LogP contribution is -2.12. The average molecular weight is 500 g/mol. The van der Waals surface area contributed by atoms with Gasteiger partial charge in [-0.1, -0.05) is 71.8 Å². The van der Waals surface area contributed by atoms with Crippen molar-refractivity contribution in [2.24, 2.45) is 0 Å². The van der Waals surface area contributed by atoms with Crippen LogP contribution in [0.2, 0.25) is 5.02 Å². The zero-order chi connectivity index (χ0) is 24.5. The smallest absolute Gasteiger partial charge is 0.268 e. The van der Waals surface area contributed by atoms with Crippen molar-refractivity contribution in [2.75, 3.05) is 18.2 Å². The number of hydrogen-bond donors (Lipinski definition) is 2. The van der Waals surface area contributed by atoms with Crippen molar-refractivity contribution in [1.29, 1.82) is 0 Å². The number of fused-ring (bicyclic) bond motifs is 1. The molecule has 0 spiro atoms. The van der Waals surface area contributed by atoms with E-state index in [2.05, 4.69) is 24.4 Å². The molecular formula is C28H22ClN3O2S. The third kappa shape index (κ3) is 4.46. The number of carbonyl (C=O) groups excluding carboxylic acids is 1. The molecule has 174 valence electrons. The van der Waals surface area contributed by atoms with E-state index in [0.717, 1.165) is 27.8 Å². The van der Waals surface area contributed by atoms with Crippen LogP contribution in [0.15, 0.2) is 78.9 Å². The first-order chi connectivity index (χ1) is 16.9. The minimum absolute atomic E-state index is 0.345. The summed E-state index contributed by atoms with van der Waals surface area (Å²) in [5.41, 5.74) is 12.4. The van der Waals surface area contributed by atoms with Gasteiger partial charge in [0, 0.05) is 16.0 Å². The molecule has 35 heavy (non-hydrogen) atoms. The van der Waals surface area contributed by atoms with E-state index in [0.29, 0.717) is 31.9 Å². The van der Waals surface area contributed by atoms with Crippen LogP contribution in [0.25, 0.3) is 32.6 Å². The molecule has 3 aromatic carbocycles. The molecule has 2 aromatic heterocycles. The van der Waals surface area contributed by atoms with E-state index >= 15 is 0 Å². The Kier molecular flexibility index (Phi) is 6.16. The molecule has 0 saturated heterocycles. The number of nitrogens with one attached hydrogen (secondary N) is 1. The number of methoxy groups -OCH3 is 1. The molecule has 1 amide bonds. The minimum atomic E-state index is -0.345. The van der Waals surface area contributed by atoms with E-state index in [1.54, 1.807) is 18.2 Å². The van der Waals surface area contributed by atoms with Gasteiger partial charge in [0.2, 0.25) is 0 Å². The molecule has 0 saturated carbocycles. The van der Waals surface area contributed by atoms with E-state index in [-0.39, 0.29) is 5.91 Å². The first kappa shape index (κ1) is 22.9. The second-order valence-electron chi connectivity index (χ2n) is 8.11. The first-order valence-electron chi connectivity index (χ1n) is 10.9. The number of anilines is 2. The summed E-state index contributed by atoms with van der Waals surface area (Å²) in [5, 5.41) is 4.14. The van der Waals surface area contributed by atoms with Crippen LogP contribution in [-0.2, 0) is 0 Å². The maximum absolute atomic E-state index is 13.3. The number of ether oxygens (including phenoxy) is 1. The van der Waals surface area contributed by atoms with Crippen molar-refractivity contribution in [3.8, 4) is 28.1 Å². The van der Waals surface area contributed by atoms with Gasteiger partial charge < -0.3 is 15.8 Å². The number of aryl methyl sites for hydroxylation is 1. The molecule has 0 atom stereocenters. The molecule has 0 unspecified atom stereocenters. The SMILES string of the molecule is COc1ccc(Cl)cc1NC(=O)c1sc2nc(-c3ccc(C)cc3)cc(-c3ccccc3)c2c1N. The summed E-state index contributed by atoms with van der Waals surface area (Å²) in [6, 6.07) is 25.3. The molecule has 0 aliphatic heterocycles. The van der Waals surface area contributed by atoms with E-state index in [1.807, 2.05) is 48.5 Å². The van der Waals surface area contributed by atoms with Gasteiger partial charge in [-0.05, 0) is 42.3 Å². The zero-order valence-corrected chi connectivity index (χ0v) is 20.7. The largest absolute Gasteiger partial charge is 0.495 e. The number of carbonyl (C=O) groups is 1. The number of thiophene rings is 1. The number of nitrogen functional groups attached to an aromatic ring is 1. The van der Waals surface area contributed by atoms with Gasteiger partial charge in [0.05, 0.1) is 24.2 Å². The lowest BCUT2D eigenvalue weighted by molar-refractivity contribution is 0.103. The zero-order valence-electron chi connectivity index (χ0n) is 19.1. The van der Waals surface area contributed by atoms with Gasteiger partial charge in [0.25, 0.3) is 5.91 Å². The Balaban J connectivity index is 1.66. The van der Waals surface area contributed by atoms with Crippen molar-refractivity contribution in [1.82, 2.24) is 4.98 Å². The lowest BCUT2D eigenvalue weighted by Gasteiger charge is -2.10. The Morgan fingerprint density at radius 1 is 1.00 bits per heavy atom. The highest BCUT2D eigenvalue weighted by atomic mass is 35.5. The fourth-order valence-electron chi connectivity index (χ4n) is 3.96. The molecule has 5 rings (SSSR count). The van der Waals surface area contributed by atoms with Crippen molar-refractivity contribution in [2.45, 2.75) is 6.92 Å². The molecule has 3 N–H and O–H groups in total. The summed E-state index contributed by atoms with van der Waals surface area (Å²) in [6.07, 6.45) is 0. The van der Waals surface area contributed by atoms with Crippen LogP contribution in [0.4, 0.5) is 11.4 Å². The van der Waals surface area contributed by atoms with E-state index in [4.69, 9.17) is 27.1 Å². The Hall–Kier alpha value is -3.87. The monoisotopic (exact) mass is 499 g/mol. The number of benzene rings is 3. The van der Waals surface area contributed by atoms with Crippen LogP contribution in [0.1, 0.15) is 15.2 Å². The van der Waals surface area contributed by atoms with Gasteiger partial charge in [-0.25, -0.2) is 4.98 Å². The van der Waals surface area contributed by atoms with Crippen molar-refractivity contribution in [3.05, 3.63) is 94.3 Å². The Bertz CT molecular complexity index is 1550. The second-order valence-corrected chi connectivity index (χ2v) is 9.55. The van der Waals surface area contributed by atoms with Crippen LogP contribution >= 0.6 is 22.9 Å². The van der Waals surface area contributed by atoms with Crippen LogP contribution in [0.5, 0.6) is 5.75 Å². The minimum Gasteiger partial charge on any atom is -0.495 e. The van der Waals surface area contributed by atoms with E-state index in [9.17, 15) is 4.79 Å². The Labute approximate surface area is 212 Å². The molecular weight excluding hydrogens is 478 g/mol. The number of rotatable bonds is 5. The number of amides is 1. The molecule has 0 aliphatic carbocycles. The highest BCUT2D eigenvalue weighted by Gasteiger charge is 2.22. The van der Waals surface area contributed by atoms with Crippen LogP contribution < -0.4 is 15.8 Å². The summed E-state index contributed by atoms with van der Waals surface area (Å²) in [5.74, 6) is 0.161. The third-order valence-corrected chi connectivity index (χ3v) is 7.08. The van der Waals surface area contributed by atoms with E-state index in [1.165, 1.54) is 24.0 Å². The van der Waals surface area contributed by atoms with Gasteiger partial charge in [-0.15, -0.1) is 11.3 Å². The van der Waals surface area contributed by atoms with Gasteiger partial charge in [-0.3, -0.25) is 4.79 Å². The number of pyridine rings is 1. The molecule has 5 nitrogen and oxygen atoms in total. The molecule has 7 heteroatoms. The average Bonchev–Trinajstić information content (AvgIpc) is 3.21. The highest BCUT2D eigenvalue weighted by Crippen LogP contribution is 2.42. The molecule has 0 fully saturated rings. The first-order valence-corrected chi connectivity index (χ1v) is 12.1. The number of nitrogens with zero attached hydrogens (tertiary/aromatic N) is 1. The fourth-order valence-corrected chi connectivity index (χ4v) is 5.15. The Morgan fingerprint density at radius 2 is 1.74 bits per heavy atom. The van der Waals surface area contributed by atoms with Crippen molar-refractivity contribution >= 4 is 50.4 Å². The van der Waals surface area contributed by atoms with E-state index < -0.39 is 0 Å². The van der Waals surface area contributed by atoms with Gasteiger partial charge in [-0.2, -0.15) is 0 Å². The fraction of sp³-hybridized carbons (Fsp3) is 0.0714. The number of aromatic nitrogens is 1. The normalized spacial score (nSPS) is 10.9. The summed E-state index contributed by atoms with van der Waals surface area (Å²) >= 11 is 7.40. The third-order valence-electron chi connectivity index (χ3n) is 5.75. The number of nitrogens with two attached hydrogens (primary N) is 1. The molecule has 5 aromatic rings. The number of halogens is 1. The van der Waals surface area contributed by atoms with Crippen LogP contribution in [-0.4, -0.2) is 18.0 Å². The maximum atomic E-state index is 13.3. The highest BCUT2D eigenvalue weighted by molar-refractivity contribution is 7.21. The van der Waals surface area contributed by atoms with Gasteiger partial charge in [0.1, 0.15) is 15.5 Å². The van der Waals surface area contributed by atoms with Crippen molar-refractivity contribution < 1.29 is 9.53 Å². The van der Waals surface area contributed by atoms with Crippen LogP contribution in [0.3, 0.4) is 0 Å². The number of hydrogen-bond acceptors (Lipinski definition) is 5. The topological polar surface area (TPSA) is 77.2 Å². The predicted octanol–water partition coefficient (Wildman–Crippen LogP) is 7.44. The second kappa shape index (κ2) is 9.41.